The van der Waals surface area contributed by atoms with Gasteiger partial charge in [0, 0.05) is 18.3 Å². The Bertz CT molecular complexity index is 1380. The summed E-state index contributed by atoms with van der Waals surface area (Å²) in [6.07, 6.45) is 3.62. The first kappa shape index (κ1) is 27.6. The minimum atomic E-state index is -3.17. The van der Waals surface area contributed by atoms with E-state index in [9.17, 15) is 4.57 Å². The van der Waals surface area contributed by atoms with Crippen molar-refractivity contribution < 1.29 is 23.3 Å². The van der Waals surface area contributed by atoms with Crippen LogP contribution in [0.1, 0.15) is 24.5 Å². The van der Waals surface area contributed by atoms with E-state index in [-0.39, 0.29) is 12.5 Å². The summed E-state index contributed by atoms with van der Waals surface area (Å²) in [7, 11) is -1.52. The summed E-state index contributed by atoms with van der Waals surface area (Å²) < 4.78 is 39.0. The average molecular weight is 540 g/mol. The fourth-order valence-electron chi connectivity index (χ4n) is 3.97. The molecule has 0 saturated carbocycles. The molecule has 0 radical (unpaired) electrons. The van der Waals surface area contributed by atoms with Gasteiger partial charge in [-0.05, 0) is 44.0 Å². The van der Waals surface area contributed by atoms with Crippen LogP contribution in [0.15, 0.2) is 61.2 Å². The van der Waals surface area contributed by atoms with Crippen molar-refractivity contribution in [1.82, 2.24) is 19.5 Å². The summed E-state index contributed by atoms with van der Waals surface area (Å²) in [6.45, 7) is 5.22. The van der Waals surface area contributed by atoms with E-state index >= 15 is 0 Å². The van der Waals surface area contributed by atoms with Crippen LogP contribution < -0.4 is 15.0 Å². The van der Waals surface area contributed by atoms with Crippen molar-refractivity contribution >= 4 is 24.4 Å². The molecular weight excluding hydrogens is 505 g/mol. The molecule has 1 unspecified atom stereocenters. The van der Waals surface area contributed by atoms with E-state index in [1.807, 2.05) is 54.8 Å². The van der Waals surface area contributed by atoms with Gasteiger partial charge in [-0.1, -0.05) is 30.3 Å². The van der Waals surface area contributed by atoms with Crippen LogP contribution in [-0.4, -0.2) is 51.8 Å². The number of imidazole rings is 1. The highest BCUT2D eigenvalue weighted by Crippen LogP contribution is 2.48. The van der Waals surface area contributed by atoms with Crippen molar-refractivity contribution in [3.8, 4) is 11.5 Å². The number of nitrogens with zero attached hydrogens (tertiary/aromatic N) is 4. The van der Waals surface area contributed by atoms with Gasteiger partial charge in [0.2, 0.25) is 0 Å². The lowest BCUT2D eigenvalue weighted by molar-refractivity contribution is 0.0824. The van der Waals surface area contributed by atoms with Gasteiger partial charge in [0.05, 0.1) is 32.7 Å². The molecule has 0 saturated heterocycles. The summed E-state index contributed by atoms with van der Waals surface area (Å²) in [5.41, 5.74) is 9.14. The van der Waals surface area contributed by atoms with Gasteiger partial charge in [-0.25, -0.2) is 15.0 Å². The SMILES string of the molecule is COc1cc(C)ccc1COCCCP(=O)(CO[C@H](C)Cn1cnc2c(N)ncnc21)Oc1ccccc1. The Morgan fingerprint density at radius 1 is 1.11 bits per heavy atom. The molecule has 202 valence electrons. The lowest BCUT2D eigenvalue weighted by Gasteiger charge is -2.22. The zero-order chi connectivity index (χ0) is 27.0. The topological polar surface area (TPSA) is 124 Å². The third-order valence-electron chi connectivity index (χ3n) is 5.94. The molecule has 2 aromatic carbocycles. The molecule has 0 bridgehead atoms. The standard InChI is InChI=1S/C27H34N5O5P/c1-20-10-11-22(24(14-20)34-3)16-35-12-7-13-38(33,37-23-8-5-4-6-9-23)19-36-21(2)15-32-18-31-25-26(28)29-17-30-27(25)32/h4-6,8-11,14,17-18,21H,7,12-13,15-16,19H2,1-3H3,(H2,28,29,30)/t21-,38?/m1/s1. The number of rotatable bonds is 14. The van der Waals surface area contributed by atoms with Crippen molar-refractivity contribution in [3.63, 3.8) is 0 Å². The maximum absolute atomic E-state index is 13.8. The second-order valence-corrected chi connectivity index (χ2v) is 11.6. The van der Waals surface area contributed by atoms with E-state index in [1.54, 1.807) is 25.6 Å². The molecular formula is C27H34N5O5P. The molecule has 0 amide bonds. The van der Waals surface area contributed by atoms with Crippen molar-refractivity contribution in [3.05, 3.63) is 72.3 Å². The van der Waals surface area contributed by atoms with Gasteiger partial charge in [-0.2, -0.15) is 0 Å². The van der Waals surface area contributed by atoms with E-state index in [4.69, 9.17) is 24.5 Å². The molecule has 0 aliphatic carbocycles. The maximum Gasteiger partial charge on any atom is 0.272 e. The van der Waals surface area contributed by atoms with Crippen LogP contribution >= 0.6 is 7.37 Å². The molecule has 4 rings (SSSR count). The molecule has 0 spiro atoms. The molecule has 0 aliphatic rings. The Morgan fingerprint density at radius 3 is 2.71 bits per heavy atom. The molecule has 2 N–H and O–H groups in total. The number of ether oxygens (including phenoxy) is 3. The smallest absolute Gasteiger partial charge is 0.272 e. The first-order valence-electron chi connectivity index (χ1n) is 12.4. The lowest BCUT2D eigenvalue weighted by atomic mass is 10.1. The predicted molar refractivity (Wildman–Crippen MR) is 147 cm³/mol. The molecule has 0 fully saturated rings. The number of methoxy groups -OCH3 is 1. The van der Waals surface area contributed by atoms with Crippen molar-refractivity contribution in [2.45, 2.75) is 39.5 Å². The number of aryl methyl sites for hydroxylation is 1. The van der Waals surface area contributed by atoms with Gasteiger partial charge in [-0.3, -0.25) is 4.57 Å². The van der Waals surface area contributed by atoms with Crippen LogP contribution in [0.4, 0.5) is 5.82 Å². The summed E-state index contributed by atoms with van der Waals surface area (Å²) in [5.74, 6) is 1.67. The van der Waals surface area contributed by atoms with Gasteiger partial charge in [0.15, 0.2) is 11.5 Å². The summed E-state index contributed by atoms with van der Waals surface area (Å²) >= 11 is 0. The number of anilines is 1. The number of benzene rings is 2. The molecule has 10 nitrogen and oxygen atoms in total. The lowest BCUT2D eigenvalue weighted by Crippen LogP contribution is -2.19. The Kier molecular flexibility index (Phi) is 9.33. The quantitative estimate of drug-likeness (QED) is 0.173. The van der Waals surface area contributed by atoms with Gasteiger partial charge >= 0.3 is 0 Å². The van der Waals surface area contributed by atoms with Crippen LogP contribution in [0.25, 0.3) is 11.2 Å². The molecule has 2 heterocycles. The highest BCUT2D eigenvalue weighted by Gasteiger charge is 2.26. The van der Waals surface area contributed by atoms with Crippen molar-refractivity contribution in [1.29, 1.82) is 0 Å². The number of nitrogens with two attached hydrogens (primary N) is 1. The van der Waals surface area contributed by atoms with Crippen molar-refractivity contribution in [2.24, 2.45) is 0 Å². The van der Waals surface area contributed by atoms with Crippen molar-refractivity contribution in [2.75, 3.05) is 32.0 Å². The Morgan fingerprint density at radius 2 is 1.92 bits per heavy atom. The Labute approximate surface area is 222 Å². The number of nitrogen functional groups attached to an aromatic ring is 1. The van der Waals surface area contributed by atoms with Crippen LogP contribution in [0, 0.1) is 6.92 Å². The summed E-state index contributed by atoms with van der Waals surface area (Å²) in [5, 5.41) is 0. The van der Waals surface area contributed by atoms with E-state index in [2.05, 4.69) is 15.0 Å². The number of aromatic nitrogens is 4. The summed E-state index contributed by atoms with van der Waals surface area (Å²) in [4.78, 5) is 12.5. The van der Waals surface area contributed by atoms with Crippen LogP contribution in [0.3, 0.4) is 0 Å². The van der Waals surface area contributed by atoms with Gasteiger partial charge < -0.3 is 29.0 Å². The second-order valence-electron chi connectivity index (χ2n) is 9.10. The highest BCUT2D eigenvalue weighted by atomic mass is 31.2. The zero-order valence-electron chi connectivity index (χ0n) is 21.9. The Hall–Kier alpha value is -3.46. The molecule has 0 aliphatic heterocycles. The normalized spacial score (nSPS) is 13.8. The Balaban J connectivity index is 1.33. The monoisotopic (exact) mass is 539 g/mol. The summed E-state index contributed by atoms with van der Waals surface area (Å²) in [6, 6.07) is 15.2. The van der Waals surface area contributed by atoms with Gasteiger partial charge in [0.25, 0.3) is 7.37 Å². The minimum Gasteiger partial charge on any atom is -0.496 e. The number of hydrogen-bond acceptors (Lipinski definition) is 9. The largest absolute Gasteiger partial charge is 0.496 e. The highest BCUT2D eigenvalue weighted by molar-refractivity contribution is 7.59. The zero-order valence-corrected chi connectivity index (χ0v) is 22.8. The predicted octanol–water partition coefficient (Wildman–Crippen LogP) is 5.05. The number of fused-ring (bicyclic) bond motifs is 1. The van der Waals surface area contributed by atoms with Crippen LogP contribution in [-0.2, 0) is 27.2 Å². The molecule has 4 aromatic rings. The van der Waals surface area contributed by atoms with E-state index < -0.39 is 7.37 Å². The molecule has 2 aromatic heterocycles. The third kappa shape index (κ3) is 7.31. The molecule has 11 heteroatoms. The average Bonchev–Trinajstić information content (AvgIpc) is 3.32. The second kappa shape index (κ2) is 12.9. The number of para-hydroxylation sites is 1. The fourth-order valence-corrected chi connectivity index (χ4v) is 5.85. The number of hydrogen-bond donors (Lipinski definition) is 1. The third-order valence-corrected chi connectivity index (χ3v) is 8.03. The first-order chi connectivity index (χ1) is 18.4. The van der Waals surface area contributed by atoms with E-state index in [0.717, 1.165) is 16.9 Å². The van der Waals surface area contributed by atoms with E-state index in [1.165, 1.54) is 6.33 Å². The minimum absolute atomic E-state index is 0.0292. The fraction of sp³-hybridized carbons (Fsp3) is 0.370. The van der Waals surface area contributed by atoms with Gasteiger partial charge in [-0.15, -0.1) is 0 Å². The van der Waals surface area contributed by atoms with Crippen LogP contribution in [0.2, 0.25) is 0 Å². The van der Waals surface area contributed by atoms with Crippen LogP contribution in [0.5, 0.6) is 11.5 Å². The molecule has 38 heavy (non-hydrogen) atoms. The first-order valence-corrected chi connectivity index (χ1v) is 14.4. The molecule has 2 atom stereocenters. The van der Waals surface area contributed by atoms with Gasteiger partial charge in [0.1, 0.15) is 29.7 Å². The maximum atomic E-state index is 13.8. The van der Waals surface area contributed by atoms with E-state index in [0.29, 0.717) is 55.1 Å².